The minimum Gasteiger partial charge on any atom is -0.356 e. The van der Waals surface area contributed by atoms with Crippen molar-refractivity contribution in [3.63, 3.8) is 0 Å². The maximum atomic E-state index is 12.6. The molecule has 2 saturated heterocycles. The van der Waals surface area contributed by atoms with Gasteiger partial charge in [0.05, 0.1) is 5.92 Å². The number of amides is 4. The molecule has 30 heavy (non-hydrogen) atoms. The van der Waals surface area contributed by atoms with Gasteiger partial charge in [0, 0.05) is 50.6 Å². The lowest BCUT2D eigenvalue weighted by atomic mass is 9.89. The van der Waals surface area contributed by atoms with Gasteiger partial charge in [-0.15, -0.1) is 5.06 Å². The third-order valence-corrected chi connectivity index (χ3v) is 6.17. The highest BCUT2D eigenvalue weighted by molar-refractivity contribution is 6.01. The largest absolute Gasteiger partial charge is 0.432 e. The number of carbonyl (C=O) groups excluding carboxylic acids is 4. The number of imide groups is 1. The van der Waals surface area contributed by atoms with Gasteiger partial charge >= 0.3 is 6.09 Å². The Hall–Kier alpha value is -2.20. The second-order valence-corrected chi connectivity index (χ2v) is 8.36. The number of rotatable bonds is 8. The van der Waals surface area contributed by atoms with Gasteiger partial charge in [0.1, 0.15) is 0 Å². The number of unbranched alkanes of at least 4 members (excludes halogenated alkanes) is 1. The van der Waals surface area contributed by atoms with E-state index in [9.17, 15) is 19.2 Å². The van der Waals surface area contributed by atoms with E-state index in [0.29, 0.717) is 37.0 Å². The molecule has 2 fully saturated rings. The normalized spacial score (nSPS) is 26.6. The predicted molar refractivity (Wildman–Crippen MR) is 110 cm³/mol. The van der Waals surface area contributed by atoms with Gasteiger partial charge in [-0.25, -0.2) is 4.79 Å². The van der Waals surface area contributed by atoms with Gasteiger partial charge in [0.15, 0.2) is 0 Å². The van der Waals surface area contributed by atoms with Gasteiger partial charge in [-0.3, -0.25) is 24.2 Å². The summed E-state index contributed by atoms with van der Waals surface area (Å²) in [6, 6.07) is 0.889. The first-order chi connectivity index (χ1) is 14.1. The molecule has 0 aromatic heterocycles. The van der Waals surface area contributed by atoms with Crippen LogP contribution in [0.15, 0.2) is 0 Å². The summed E-state index contributed by atoms with van der Waals surface area (Å²) in [7, 11) is 4.18. The zero-order chi connectivity index (χ0) is 22.4. The summed E-state index contributed by atoms with van der Waals surface area (Å²) < 4.78 is 0. The molecular weight excluding hydrogens is 390 g/mol. The molecule has 170 valence electrons. The van der Waals surface area contributed by atoms with Crippen LogP contribution in [0.2, 0.25) is 0 Å². The van der Waals surface area contributed by atoms with E-state index < -0.39 is 17.9 Å². The second-order valence-electron chi connectivity index (χ2n) is 8.36. The van der Waals surface area contributed by atoms with Crippen LogP contribution in [0.25, 0.3) is 0 Å². The number of nitrogens with zero attached hydrogens (tertiary/aromatic N) is 3. The first-order valence-corrected chi connectivity index (χ1v) is 10.6. The molecule has 2 heterocycles. The molecule has 2 aliphatic rings. The van der Waals surface area contributed by atoms with Gasteiger partial charge in [0.2, 0.25) is 5.91 Å². The molecule has 10 heteroatoms. The SMILES string of the molecule is CC1CN(C)C([C@H](C)C(=O)NCCCCNC(=O)ON2C(=O)CCC2=O)C(C)N1C. The third kappa shape index (κ3) is 5.91. The van der Waals surface area contributed by atoms with Crippen LogP contribution in [0.3, 0.4) is 0 Å². The van der Waals surface area contributed by atoms with Crippen LogP contribution < -0.4 is 10.6 Å². The first-order valence-electron chi connectivity index (χ1n) is 10.6. The number of nitrogens with one attached hydrogen (secondary N) is 2. The molecule has 2 N–H and O–H groups in total. The van der Waals surface area contributed by atoms with Gasteiger partial charge in [-0.2, -0.15) is 0 Å². The summed E-state index contributed by atoms with van der Waals surface area (Å²) in [4.78, 5) is 56.4. The van der Waals surface area contributed by atoms with Crippen molar-refractivity contribution < 1.29 is 24.0 Å². The van der Waals surface area contributed by atoms with Crippen molar-refractivity contribution in [1.29, 1.82) is 0 Å². The van der Waals surface area contributed by atoms with Crippen LogP contribution in [0.4, 0.5) is 4.79 Å². The van der Waals surface area contributed by atoms with E-state index in [4.69, 9.17) is 4.84 Å². The molecule has 10 nitrogen and oxygen atoms in total. The molecule has 0 aromatic rings. The molecule has 2 rings (SSSR count). The topological polar surface area (TPSA) is 111 Å². The second kappa shape index (κ2) is 10.7. The standard InChI is InChI=1S/C20H35N5O5/c1-13-12-23(4)18(15(3)24(13)5)14(2)19(28)21-10-6-7-11-22-20(29)30-25-16(26)8-9-17(25)27/h13-15,18H,6-12H2,1-5H3,(H,21,28)(H,22,29)/t13?,14-,15?,18?/m0/s1. The summed E-state index contributed by atoms with van der Waals surface area (Å²) in [5.41, 5.74) is 0. The number of carbonyl (C=O) groups is 4. The Balaban J connectivity index is 1.63. The number of hydroxylamine groups is 2. The molecule has 0 saturated carbocycles. The van der Waals surface area contributed by atoms with Gasteiger partial charge in [-0.1, -0.05) is 6.92 Å². The molecule has 0 radical (unpaired) electrons. The van der Waals surface area contributed by atoms with Crippen LogP contribution in [0, 0.1) is 5.92 Å². The minimum absolute atomic E-state index is 0.0279. The fourth-order valence-corrected chi connectivity index (χ4v) is 4.22. The highest BCUT2D eigenvalue weighted by atomic mass is 16.7. The molecule has 4 atom stereocenters. The van der Waals surface area contributed by atoms with E-state index in [1.54, 1.807) is 0 Å². The van der Waals surface area contributed by atoms with Crippen LogP contribution in [0.5, 0.6) is 0 Å². The zero-order valence-corrected chi connectivity index (χ0v) is 18.6. The quantitative estimate of drug-likeness (QED) is 0.426. The van der Waals surface area contributed by atoms with Crippen molar-refractivity contribution in [2.45, 2.75) is 64.6 Å². The van der Waals surface area contributed by atoms with Crippen molar-refractivity contribution in [1.82, 2.24) is 25.5 Å². The molecule has 0 bridgehead atoms. The average Bonchev–Trinajstić information content (AvgIpc) is 3.00. The Morgan fingerprint density at radius 2 is 1.63 bits per heavy atom. The lowest BCUT2D eigenvalue weighted by Crippen LogP contribution is -2.63. The van der Waals surface area contributed by atoms with Crippen molar-refractivity contribution in [3.05, 3.63) is 0 Å². The Morgan fingerprint density at radius 3 is 2.23 bits per heavy atom. The number of piperazine rings is 1. The number of hydrogen-bond acceptors (Lipinski definition) is 7. The third-order valence-electron chi connectivity index (χ3n) is 6.17. The van der Waals surface area contributed by atoms with E-state index in [1.165, 1.54) is 0 Å². The van der Waals surface area contributed by atoms with Crippen LogP contribution in [-0.2, 0) is 19.2 Å². The van der Waals surface area contributed by atoms with E-state index in [0.717, 1.165) is 6.54 Å². The average molecular weight is 426 g/mol. The van der Waals surface area contributed by atoms with Crippen molar-refractivity contribution in [3.8, 4) is 0 Å². The van der Waals surface area contributed by atoms with Crippen molar-refractivity contribution in [2.75, 3.05) is 33.7 Å². The number of hydrogen-bond donors (Lipinski definition) is 2. The van der Waals surface area contributed by atoms with Gasteiger partial charge < -0.3 is 15.5 Å². The van der Waals surface area contributed by atoms with Gasteiger partial charge in [0.25, 0.3) is 11.8 Å². The van der Waals surface area contributed by atoms with E-state index in [2.05, 4.69) is 48.4 Å². The van der Waals surface area contributed by atoms with Gasteiger partial charge in [-0.05, 0) is 40.8 Å². The lowest BCUT2D eigenvalue weighted by Gasteiger charge is -2.49. The van der Waals surface area contributed by atoms with E-state index >= 15 is 0 Å². The maximum absolute atomic E-state index is 12.6. The smallest absolute Gasteiger partial charge is 0.356 e. The predicted octanol–water partition coefficient (Wildman–Crippen LogP) is 0.332. The Kier molecular flexibility index (Phi) is 8.60. The first kappa shape index (κ1) is 24.1. The van der Waals surface area contributed by atoms with Crippen LogP contribution in [0.1, 0.15) is 46.5 Å². The van der Waals surface area contributed by atoms with Crippen LogP contribution in [-0.4, -0.2) is 90.5 Å². The Morgan fingerprint density at radius 1 is 1.07 bits per heavy atom. The molecule has 0 aliphatic carbocycles. The summed E-state index contributed by atoms with van der Waals surface area (Å²) in [5.74, 6) is -1.13. The summed E-state index contributed by atoms with van der Waals surface area (Å²) >= 11 is 0. The monoisotopic (exact) mass is 425 g/mol. The maximum Gasteiger partial charge on any atom is 0.432 e. The molecule has 3 unspecified atom stereocenters. The Labute approximate surface area is 178 Å². The summed E-state index contributed by atoms with van der Waals surface area (Å²) in [5, 5.41) is 5.99. The fraction of sp³-hybridized carbons (Fsp3) is 0.800. The summed E-state index contributed by atoms with van der Waals surface area (Å²) in [6.07, 6.45) is 0.618. The molecule has 0 spiro atoms. The zero-order valence-electron chi connectivity index (χ0n) is 18.6. The fourth-order valence-electron chi connectivity index (χ4n) is 4.22. The van der Waals surface area contributed by atoms with E-state index in [1.807, 2.05) is 6.92 Å². The summed E-state index contributed by atoms with van der Waals surface area (Å²) in [6.45, 7) is 8.09. The number of likely N-dealkylation sites (N-methyl/N-ethyl adjacent to an activating group) is 2. The van der Waals surface area contributed by atoms with E-state index in [-0.39, 0.29) is 36.8 Å². The van der Waals surface area contributed by atoms with Crippen LogP contribution >= 0.6 is 0 Å². The molecule has 0 aromatic carbocycles. The Bertz CT molecular complexity index is 641. The highest BCUT2D eigenvalue weighted by Gasteiger charge is 2.39. The van der Waals surface area contributed by atoms with Crippen molar-refractivity contribution >= 4 is 23.8 Å². The molecule has 4 amide bonds. The minimum atomic E-state index is -0.830. The molecular formula is C20H35N5O5. The van der Waals surface area contributed by atoms with Crippen molar-refractivity contribution in [2.24, 2.45) is 5.92 Å². The lowest BCUT2D eigenvalue weighted by molar-refractivity contribution is -0.171. The molecule has 2 aliphatic heterocycles. The highest BCUT2D eigenvalue weighted by Crippen LogP contribution is 2.24.